The van der Waals surface area contributed by atoms with Crippen LogP contribution in [0.25, 0.3) is 11.1 Å². The van der Waals surface area contributed by atoms with E-state index < -0.39 is 12.1 Å². The fraction of sp³-hybridized carbons (Fsp3) is 0.188. The Morgan fingerprint density at radius 1 is 1.14 bits per heavy atom. The van der Waals surface area contributed by atoms with Gasteiger partial charge in [-0.3, -0.25) is 0 Å². The zero-order valence-electron chi connectivity index (χ0n) is 11.9. The third kappa shape index (κ3) is 5.21. The molecule has 0 saturated heterocycles. The normalized spacial score (nSPS) is 10.6. The molecule has 2 aromatic carbocycles. The second kappa shape index (κ2) is 7.61. The lowest BCUT2D eigenvalue weighted by Crippen LogP contribution is -2.21. The van der Waals surface area contributed by atoms with Crippen molar-refractivity contribution in [1.29, 1.82) is 0 Å². The van der Waals surface area contributed by atoms with Gasteiger partial charge in [-0.15, -0.1) is 0 Å². The topological polar surface area (TPSA) is 63.3 Å². The van der Waals surface area contributed by atoms with Gasteiger partial charge in [0.15, 0.2) is 0 Å². The monoisotopic (exact) mass is 311 g/mol. The Balaban J connectivity index is 0.000000295. The molecule has 0 aromatic heterocycles. The molecule has 3 N–H and O–H groups in total. The standard InChI is InChI=1S/C14H15N.C2HF3O2/c1-11-5-4-7-12(9-11)14-8-3-2-6-13(14)10-15;3-2(4,5)1(6)7/h2-9H,10,15H2,1H3;(H,6,7). The first-order chi connectivity index (χ1) is 10.3. The third-order valence-electron chi connectivity index (χ3n) is 2.81. The molecule has 0 fully saturated rings. The highest BCUT2D eigenvalue weighted by atomic mass is 19.4. The summed E-state index contributed by atoms with van der Waals surface area (Å²) in [6.07, 6.45) is -5.08. The van der Waals surface area contributed by atoms with Gasteiger partial charge in [0.1, 0.15) is 0 Å². The van der Waals surface area contributed by atoms with Crippen LogP contribution in [0.4, 0.5) is 13.2 Å². The predicted octanol–water partition coefficient (Wildman–Crippen LogP) is 3.75. The first-order valence-electron chi connectivity index (χ1n) is 6.41. The van der Waals surface area contributed by atoms with Crippen molar-refractivity contribution >= 4 is 5.97 Å². The van der Waals surface area contributed by atoms with E-state index in [4.69, 9.17) is 15.6 Å². The van der Waals surface area contributed by atoms with Crippen molar-refractivity contribution in [3.8, 4) is 11.1 Å². The van der Waals surface area contributed by atoms with Crippen molar-refractivity contribution in [3.05, 3.63) is 59.7 Å². The van der Waals surface area contributed by atoms with Crippen molar-refractivity contribution in [2.75, 3.05) is 0 Å². The molecule has 0 aliphatic rings. The number of carboxylic acids is 1. The van der Waals surface area contributed by atoms with Crippen LogP contribution in [-0.4, -0.2) is 17.3 Å². The number of rotatable bonds is 2. The van der Waals surface area contributed by atoms with Gasteiger partial charge in [-0.05, 0) is 23.6 Å². The summed E-state index contributed by atoms with van der Waals surface area (Å²) in [7, 11) is 0. The molecule has 0 atom stereocenters. The maximum absolute atomic E-state index is 10.6. The lowest BCUT2D eigenvalue weighted by Gasteiger charge is -2.08. The average Bonchev–Trinajstić information content (AvgIpc) is 2.47. The number of halogens is 3. The molecule has 6 heteroatoms. The van der Waals surface area contributed by atoms with Gasteiger partial charge < -0.3 is 10.8 Å². The molecule has 0 radical (unpaired) electrons. The van der Waals surface area contributed by atoms with Crippen LogP contribution in [0, 0.1) is 6.92 Å². The Bertz CT molecular complexity index is 639. The molecule has 2 rings (SSSR count). The molecule has 0 heterocycles. The van der Waals surface area contributed by atoms with E-state index in [0.29, 0.717) is 6.54 Å². The van der Waals surface area contributed by atoms with Crippen molar-refractivity contribution < 1.29 is 23.1 Å². The van der Waals surface area contributed by atoms with E-state index in [1.807, 2.05) is 6.07 Å². The molecule has 3 nitrogen and oxygen atoms in total. The Labute approximate surface area is 126 Å². The molecule has 0 saturated carbocycles. The molecular formula is C16H16F3NO2. The fourth-order valence-corrected chi connectivity index (χ4v) is 1.79. The first-order valence-corrected chi connectivity index (χ1v) is 6.41. The number of alkyl halides is 3. The highest BCUT2D eigenvalue weighted by Gasteiger charge is 2.38. The number of carbonyl (C=O) groups is 1. The SMILES string of the molecule is Cc1cccc(-c2ccccc2CN)c1.O=C(O)C(F)(F)F. The van der Waals surface area contributed by atoms with Crippen LogP contribution >= 0.6 is 0 Å². The van der Waals surface area contributed by atoms with Gasteiger partial charge in [-0.25, -0.2) is 4.79 Å². The van der Waals surface area contributed by atoms with Crippen molar-refractivity contribution in [2.45, 2.75) is 19.6 Å². The summed E-state index contributed by atoms with van der Waals surface area (Å²) in [5.74, 6) is -2.76. The number of hydrogen-bond donors (Lipinski definition) is 2. The molecule has 0 bridgehead atoms. The van der Waals surface area contributed by atoms with Crippen molar-refractivity contribution in [3.63, 3.8) is 0 Å². The van der Waals surface area contributed by atoms with Crippen molar-refractivity contribution in [2.24, 2.45) is 5.73 Å². The van der Waals surface area contributed by atoms with E-state index in [0.717, 1.165) is 0 Å². The van der Waals surface area contributed by atoms with E-state index in [2.05, 4.69) is 49.4 Å². The quantitative estimate of drug-likeness (QED) is 0.887. The van der Waals surface area contributed by atoms with Crippen LogP contribution in [0.5, 0.6) is 0 Å². The lowest BCUT2D eigenvalue weighted by molar-refractivity contribution is -0.192. The summed E-state index contributed by atoms with van der Waals surface area (Å²) in [6.45, 7) is 2.69. The Morgan fingerprint density at radius 3 is 2.23 bits per heavy atom. The minimum absolute atomic E-state index is 0.587. The Kier molecular flexibility index (Phi) is 6.12. The van der Waals surface area contributed by atoms with Crippen LogP contribution in [0.2, 0.25) is 0 Å². The largest absolute Gasteiger partial charge is 0.490 e. The average molecular weight is 311 g/mol. The molecule has 0 aliphatic carbocycles. The fourth-order valence-electron chi connectivity index (χ4n) is 1.79. The number of carboxylic acid groups (broad SMARTS) is 1. The number of aryl methyl sites for hydroxylation is 1. The zero-order valence-corrected chi connectivity index (χ0v) is 11.9. The molecular weight excluding hydrogens is 295 g/mol. The van der Waals surface area contributed by atoms with Gasteiger partial charge in [-0.1, -0.05) is 54.1 Å². The van der Waals surface area contributed by atoms with Crippen LogP contribution in [0.15, 0.2) is 48.5 Å². The molecule has 0 spiro atoms. The third-order valence-corrected chi connectivity index (χ3v) is 2.81. The van der Waals surface area contributed by atoms with Crippen LogP contribution in [0.3, 0.4) is 0 Å². The number of nitrogens with two attached hydrogens (primary N) is 1. The highest BCUT2D eigenvalue weighted by molar-refractivity contribution is 5.73. The van der Waals surface area contributed by atoms with E-state index in [1.54, 1.807) is 0 Å². The lowest BCUT2D eigenvalue weighted by atomic mass is 9.98. The molecule has 0 aliphatic heterocycles. The second-order valence-corrected chi connectivity index (χ2v) is 4.53. The summed E-state index contributed by atoms with van der Waals surface area (Å²) in [4.78, 5) is 8.90. The van der Waals surface area contributed by atoms with Crippen molar-refractivity contribution in [1.82, 2.24) is 0 Å². The van der Waals surface area contributed by atoms with Crippen LogP contribution < -0.4 is 5.73 Å². The second-order valence-electron chi connectivity index (χ2n) is 4.53. The molecule has 0 amide bonds. The maximum Gasteiger partial charge on any atom is 0.490 e. The Hall–Kier alpha value is -2.34. The van der Waals surface area contributed by atoms with E-state index in [-0.39, 0.29) is 0 Å². The summed E-state index contributed by atoms with van der Waals surface area (Å²) in [5.41, 5.74) is 10.7. The minimum Gasteiger partial charge on any atom is -0.475 e. The molecule has 22 heavy (non-hydrogen) atoms. The molecule has 118 valence electrons. The van der Waals surface area contributed by atoms with E-state index in [1.165, 1.54) is 22.3 Å². The van der Waals surface area contributed by atoms with Gasteiger partial charge in [0.2, 0.25) is 0 Å². The molecule has 0 unspecified atom stereocenters. The number of hydrogen-bond acceptors (Lipinski definition) is 2. The molecule has 2 aromatic rings. The van der Waals surface area contributed by atoms with Gasteiger partial charge in [0.25, 0.3) is 0 Å². The summed E-state index contributed by atoms with van der Waals surface area (Å²) in [6, 6.07) is 16.8. The maximum atomic E-state index is 10.6. The van der Waals surface area contributed by atoms with Gasteiger partial charge in [-0.2, -0.15) is 13.2 Å². The predicted molar refractivity (Wildman–Crippen MR) is 78.2 cm³/mol. The summed E-state index contributed by atoms with van der Waals surface area (Å²) < 4.78 is 31.7. The summed E-state index contributed by atoms with van der Waals surface area (Å²) >= 11 is 0. The van der Waals surface area contributed by atoms with E-state index in [9.17, 15) is 13.2 Å². The minimum atomic E-state index is -5.08. The number of benzene rings is 2. The van der Waals surface area contributed by atoms with Crippen LogP contribution in [-0.2, 0) is 11.3 Å². The highest BCUT2D eigenvalue weighted by Crippen LogP contribution is 2.23. The Morgan fingerprint density at radius 2 is 1.73 bits per heavy atom. The van der Waals surface area contributed by atoms with Gasteiger partial charge in [0.05, 0.1) is 0 Å². The first kappa shape index (κ1) is 17.7. The van der Waals surface area contributed by atoms with Crippen LogP contribution in [0.1, 0.15) is 11.1 Å². The number of aliphatic carboxylic acids is 1. The zero-order chi connectivity index (χ0) is 16.8. The van der Waals surface area contributed by atoms with Gasteiger partial charge >= 0.3 is 12.1 Å². The van der Waals surface area contributed by atoms with E-state index >= 15 is 0 Å². The van der Waals surface area contributed by atoms with Gasteiger partial charge in [0, 0.05) is 6.54 Å². The smallest absolute Gasteiger partial charge is 0.475 e. The summed E-state index contributed by atoms with van der Waals surface area (Å²) in [5, 5.41) is 7.12.